The third-order valence-corrected chi connectivity index (χ3v) is 3.44. The molecule has 9 heteroatoms. The van der Waals surface area contributed by atoms with Crippen molar-refractivity contribution in [3.05, 3.63) is 71.7 Å². The molecule has 3 aromatic rings. The van der Waals surface area contributed by atoms with Crippen LogP contribution in [0.25, 0.3) is 0 Å². The van der Waals surface area contributed by atoms with Gasteiger partial charge in [0.1, 0.15) is 5.82 Å². The van der Waals surface area contributed by atoms with Gasteiger partial charge < -0.3 is 10.6 Å². The van der Waals surface area contributed by atoms with Gasteiger partial charge in [0.25, 0.3) is 0 Å². The molecule has 2 aromatic carbocycles. The Morgan fingerprint density at radius 1 is 0.962 bits per heavy atom. The number of hydrogen-bond donors (Lipinski definition) is 2. The lowest BCUT2D eigenvalue weighted by Crippen LogP contribution is -2.07. The molecule has 26 heavy (non-hydrogen) atoms. The molecule has 0 saturated heterocycles. The summed E-state index contributed by atoms with van der Waals surface area (Å²) >= 11 is 0. The van der Waals surface area contributed by atoms with E-state index >= 15 is 0 Å². The van der Waals surface area contributed by atoms with Crippen LogP contribution in [-0.4, -0.2) is 15.2 Å². The van der Waals surface area contributed by atoms with Gasteiger partial charge in [0, 0.05) is 17.8 Å². The van der Waals surface area contributed by atoms with Crippen molar-refractivity contribution in [3.63, 3.8) is 0 Å². The van der Waals surface area contributed by atoms with Crippen molar-refractivity contribution in [1.82, 2.24) is 15.2 Å². The molecule has 0 spiro atoms. The zero-order chi connectivity index (χ0) is 18.6. The second-order valence-corrected chi connectivity index (χ2v) is 5.31. The maximum atomic E-state index is 13.6. The largest absolute Gasteiger partial charge is 0.416 e. The molecule has 0 aliphatic heterocycles. The smallest absolute Gasteiger partial charge is 0.349 e. The van der Waals surface area contributed by atoms with Crippen molar-refractivity contribution in [2.24, 2.45) is 0 Å². The SMILES string of the molecule is Fc1ccccc1CNc1nncc(Nc2ccc(C(F)(F)F)cc2)n1. The highest BCUT2D eigenvalue weighted by Crippen LogP contribution is 2.30. The number of aromatic nitrogens is 3. The van der Waals surface area contributed by atoms with Gasteiger partial charge in [-0.1, -0.05) is 18.2 Å². The third kappa shape index (κ3) is 4.44. The molecule has 0 fully saturated rings. The van der Waals surface area contributed by atoms with Crippen LogP contribution in [-0.2, 0) is 12.7 Å². The highest BCUT2D eigenvalue weighted by atomic mass is 19.4. The molecular formula is C17H13F4N5. The van der Waals surface area contributed by atoms with Gasteiger partial charge in [-0.25, -0.2) is 4.39 Å². The fourth-order valence-electron chi connectivity index (χ4n) is 2.15. The average Bonchev–Trinajstić information content (AvgIpc) is 2.61. The lowest BCUT2D eigenvalue weighted by molar-refractivity contribution is -0.137. The molecule has 0 aliphatic rings. The van der Waals surface area contributed by atoms with Crippen LogP contribution in [0.5, 0.6) is 0 Å². The Bertz CT molecular complexity index is 881. The average molecular weight is 363 g/mol. The van der Waals surface area contributed by atoms with Crippen LogP contribution in [0.3, 0.4) is 0 Å². The molecule has 3 rings (SSSR count). The zero-order valence-corrected chi connectivity index (χ0v) is 13.3. The van der Waals surface area contributed by atoms with Gasteiger partial charge in [0.15, 0.2) is 5.82 Å². The van der Waals surface area contributed by atoms with Gasteiger partial charge in [-0.3, -0.25) is 0 Å². The number of alkyl halides is 3. The molecule has 0 atom stereocenters. The summed E-state index contributed by atoms with van der Waals surface area (Å²) in [4.78, 5) is 4.14. The Morgan fingerprint density at radius 2 is 1.69 bits per heavy atom. The third-order valence-electron chi connectivity index (χ3n) is 3.44. The number of nitrogens with one attached hydrogen (secondary N) is 2. The van der Waals surface area contributed by atoms with Crippen LogP contribution in [0.1, 0.15) is 11.1 Å². The minimum atomic E-state index is -4.39. The van der Waals surface area contributed by atoms with E-state index in [9.17, 15) is 17.6 Å². The fraction of sp³-hybridized carbons (Fsp3) is 0.118. The summed E-state index contributed by atoms with van der Waals surface area (Å²) in [6, 6.07) is 10.8. The number of anilines is 3. The first-order valence-corrected chi connectivity index (χ1v) is 7.53. The van der Waals surface area contributed by atoms with Crippen molar-refractivity contribution < 1.29 is 17.6 Å². The summed E-state index contributed by atoms with van der Waals surface area (Å²) in [6.45, 7) is 0.165. The molecule has 1 heterocycles. The second kappa shape index (κ2) is 7.34. The van der Waals surface area contributed by atoms with Gasteiger partial charge in [-0.2, -0.15) is 23.3 Å². The summed E-state index contributed by atoms with van der Waals surface area (Å²) < 4.78 is 51.3. The van der Waals surface area contributed by atoms with Gasteiger partial charge in [0.2, 0.25) is 5.95 Å². The Morgan fingerprint density at radius 3 is 2.38 bits per heavy atom. The molecule has 0 saturated carbocycles. The summed E-state index contributed by atoms with van der Waals surface area (Å²) in [5.41, 5.74) is 0.117. The van der Waals surface area contributed by atoms with Crippen LogP contribution in [0.4, 0.5) is 35.0 Å². The van der Waals surface area contributed by atoms with Crippen molar-refractivity contribution in [2.75, 3.05) is 10.6 Å². The van der Waals surface area contributed by atoms with E-state index in [0.717, 1.165) is 12.1 Å². The number of hydrogen-bond acceptors (Lipinski definition) is 5. The van der Waals surface area contributed by atoms with Crippen molar-refractivity contribution in [1.29, 1.82) is 0 Å². The van der Waals surface area contributed by atoms with E-state index in [0.29, 0.717) is 11.3 Å². The van der Waals surface area contributed by atoms with E-state index in [2.05, 4.69) is 25.8 Å². The first-order valence-electron chi connectivity index (χ1n) is 7.53. The summed E-state index contributed by atoms with van der Waals surface area (Å²) in [6.07, 6.45) is -3.06. The van der Waals surface area contributed by atoms with Crippen LogP contribution >= 0.6 is 0 Å². The summed E-state index contributed by atoms with van der Waals surface area (Å²) in [7, 11) is 0. The predicted octanol–water partition coefficient (Wildman–Crippen LogP) is 4.39. The van der Waals surface area contributed by atoms with Gasteiger partial charge in [0.05, 0.1) is 11.8 Å². The van der Waals surface area contributed by atoms with E-state index in [1.807, 2.05) is 0 Å². The Hall–Kier alpha value is -3.23. The van der Waals surface area contributed by atoms with E-state index in [4.69, 9.17) is 0 Å². The lowest BCUT2D eigenvalue weighted by atomic mass is 10.2. The molecule has 0 aliphatic carbocycles. The molecule has 5 nitrogen and oxygen atoms in total. The van der Waals surface area contributed by atoms with E-state index in [1.165, 1.54) is 24.4 Å². The number of nitrogens with zero attached hydrogens (tertiary/aromatic N) is 3. The Kier molecular flexibility index (Phi) is 4.97. The minimum absolute atomic E-state index is 0.158. The number of halogens is 4. The topological polar surface area (TPSA) is 62.7 Å². The quantitative estimate of drug-likeness (QED) is 0.659. The standard InChI is InChI=1S/C17H13F4N5/c18-14-4-2-1-3-11(14)9-22-16-25-15(10-23-26-16)24-13-7-5-12(6-8-13)17(19,20)21/h1-8,10H,9H2,(H2,22,24,25,26). The Labute approximate surface area is 146 Å². The van der Waals surface area contributed by atoms with Crippen LogP contribution < -0.4 is 10.6 Å². The highest BCUT2D eigenvalue weighted by Gasteiger charge is 2.29. The van der Waals surface area contributed by atoms with E-state index < -0.39 is 11.7 Å². The monoisotopic (exact) mass is 363 g/mol. The van der Waals surface area contributed by atoms with E-state index in [1.54, 1.807) is 18.2 Å². The molecule has 0 radical (unpaired) electrons. The molecule has 134 valence electrons. The molecule has 1 aromatic heterocycles. The Balaban J connectivity index is 1.66. The van der Waals surface area contributed by atoms with Gasteiger partial charge in [-0.05, 0) is 30.3 Å². The normalized spacial score (nSPS) is 11.2. The van der Waals surface area contributed by atoms with Gasteiger partial charge >= 0.3 is 6.18 Å². The van der Waals surface area contributed by atoms with Crippen LogP contribution in [0.2, 0.25) is 0 Å². The first-order chi connectivity index (χ1) is 12.4. The van der Waals surface area contributed by atoms with Crippen molar-refractivity contribution >= 4 is 17.5 Å². The van der Waals surface area contributed by atoms with Gasteiger partial charge in [-0.15, -0.1) is 5.10 Å². The first kappa shape index (κ1) is 17.6. The maximum absolute atomic E-state index is 13.6. The number of rotatable bonds is 5. The molecule has 0 bridgehead atoms. The second-order valence-electron chi connectivity index (χ2n) is 5.31. The summed E-state index contributed by atoms with van der Waals surface area (Å²) in [5.74, 6) is 0.0907. The minimum Gasteiger partial charge on any atom is -0.349 e. The maximum Gasteiger partial charge on any atom is 0.416 e. The van der Waals surface area contributed by atoms with Crippen molar-refractivity contribution in [3.8, 4) is 0 Å². The molecule has 2 N–H and O–H groups in total. The highest BCUT2D eigenvalue weighted by molar-refractivity contribution is 5.56. The summed E-state index contributed by atoms with van der Waals surface area (Å²) in [5, 5.41) is 13.2. The predicted molar refractivity (Wildman–Crippen MR) is 88.3 cm³/mol. The number of benzene rings is 2. The molecular weight excluding hydrogens is 350 g/mol. The van der Waals surface area contributed by atoms with Crippen molar-refractivity contribution in [2.45, 2.75) is 12.7 Å². The van der Waals surface area contributed by atoms with E-state index in [-0.39, 0.29) is 24.1 Å². The van der Waals surface area contributed by atoms with Crippen LogP contribution in [0, 0.1) is 5.82 Å². The zero-order valence-electron chi connectivity index (χ0n) is 13.3. The fourth-order valence-corrected chi connectivity index (χ4v) is 2.15. The molecule has 0 amide bonds. The lowest BCUT2D eigenvalue weighted by Gasteiger charge is -2.10. The van der Waals surface area contributed by atoms with Crippen LogP contribution in [0.15, 0.2) is 54.7 Å². The molecule has 0 unspecified atom stereocenters.